The Kier molecular flexibility index (Phi) is 6.08. The van der Waals surface area contributed by atoms with Crippen molar-refractivity contribution in [2.45, 2.75) is 30.3 Å². The number of nitrogens with one attached hydrogen (secondary N) is 1. The van der Waals surface area contributed by atoms with Crippen LogP contribution in [0.4, 0.5) is 4.39 Å². The molecule has 1 amide bonds. The Morgan fingerprint density at radius 2 is 1.93 bits per heavy atom. The maximum atomic E-state index is 13.1. The normalized spacial score (nSPS) is 13.5. The number of hydrogen-bond acceptors (Lipinski definition) is 4. The first-order valence-corrected chi connectivity index (χ1v) is 10.8. The van der Waals surface area contributed by atoms with Crippen LogP contribution in [0.2, 0.25) is 10.0 Å². The van der Waals surface area contributed by atoms with Gasteiger partial charge in [0, 0.05) is 16.7 Å². The summed E-state index contributed by atoms with van der Waals surface area (Å²) in [5, 5.41) is 13.1. The van der Waals surface area contributed by atoms with Gasteiger partial charge in [0.2, 0.25) is 5.91 Å². The van der Waals surface area contributed by atoms with Gasteiger partial charge in [-0.2, -0.15) is 0 Å². The molecule has 0 atom stereocenters. The van der Waals surface area contributed by atoms with E-state index in [1.54, 1.807) is 34.9 Å². The fourth-order valence-corrected chi connectivity index (χ4v) is 4.08. The summed E-state index contributed by atoms with van der Waals surface area (Å²) in [6.45, 7) is 0.238. The average molecular weight is 451 g/mol. The van der Waals surface area contributed by atoms with Crippen LogP contribution in [0.3, 0.4) is 0 Å². The predicted octanol–water partition coefficient (Wildman–Crippen LogP) is 5.03. The molecule has 0 bridgehead atoms. The lowest BCUT2D eigenvalue weighted by Crippen LogP contribution is -2.25. The molecule has 29 heavy (non-hydrogen) atoms. The number of amides is 1. The molecule has 9 heteroatoms. The average Bonchev–Trinajstić information content (AvgIpc) is 3.49. The first kappa shape index (κ1) is 20.2. The summed E-state index contributed by atoms with van der Waals surface area (Å²) in [4.78, 5) is 12.0. The highest BCUT2D eigenvalue weighted by Crippen LogP contribution is 2.32. The molecule has 0 radical (unpaired) electrons. The van der Waals surface area contributed by atoms with E-state index in [0.717, 1.165) is 18.4 Å². The van der Waals surface area contributed by atoms with Gasteiger partial charge in [-0.15, -0.1) is 10.2 Å². The van der Waals surface area contributed by atoms with E-state index in [1.165, 1.54) is 23.9 Å². The number of rotatable bonds is 7. The van der Waals surface area contributed by atoms with Crippen molar-refractivity contribution in [1.29, 1.82) is 0 Å². The molecular weight excluding hydrogens is 434 g/mol. The highest BCUT2D eigenvalue weighted by molar-refractivity contribution is 7.98. The first-order valence-electron chi connectivity index (χ1n) is 9.06. The molecule has 1 aromatic heterocycles. The summed E-state index contributed by atoms with van der Waals surface area (Å²) in [5.41, 5.74) is 1.59. The zero-order chi connectivity index (χ0) is 20.4. The van der Waals surface area contributed by atoms with Crippen molar-refractivity contribution in [1.82, 2.24) is 20.1 Å². The van der Waals surface area contributed by atoms with Crippen LogP contribution >= 0.6 is 35.0 Å². The van der Waals surface area contributed by atoms with Crippen LogP contribution < -0.4 is 5.32 Å². The number of carbonyl (C=O) groups is 1. The zero-order valence-electron chi connectivity index (χ0n) is 15.2. The third-order valence-electron chi connectivity index (χ3n) is 4.50. The summed E-state index contributed by atoms with van der Waals surface area (Å²) in [6.07, 6.45) is 1.86. The number of carbonyl (C=O) groups excluding carboxylic acids is 1. The Morgan fingerprint density at radius 3 is 2.66 bits per heavy atom. The van der Waals surface area contributed by atoms with Crippen LogP contribution in [0.25, 0.3) is 5.69 Å². The lowest BCUT2D eigenvalue weighted by atomic mass is 10.2. The molecule has 0 saturated heterocycles. The molecule has 1 heterocycles. The minimum atomic E-state index is -0.277. The van der Waals surface area contributed by atoms with Gasteiger partial charge in [0.1, 0.15) is 5.82 Å². The Labute approximate surface area is 181 Å². The van der Waals surface area contributed by atoms with Gasteiger partial charge in [0.05, 0.1) is 17.3 Å². The molecular formula is C20H17Cl2FN4OS. The van der Waals surface area contributed by atoms with Gasteiger partial charge < -0.3 is 5.32 Å². The van der Waals surface area contributed by atoms with Gasteiger partial charge in [-0.3, -0.25) is 9.36 Å². The molecule has 5 nitrogen and oxygen atoms in total. The van der Waals surface area contributed by atoms with Crippen LogP contribution in [0.1, 0.15) is 24.2 Å². The smallest absolute Gasteiger partial charge is 0.223 e. The quantitative estimate of drug-likeness (QED) is 0.512. The number of benzene rings is 2. The van der Waals surface area contributed by atoms with Gasteiger partial charge in [0.15, 0.2) is 11.0 Å². The van der Waals surface area contributed by atoms with E-state index >= 15 is 0 Å². The maximum Gasteiger partial charge on any atom is 0.223 e. The summed E-state index contributed by atoms with van der Waals surface area (Å²) in [5.74, 6) is 0.988. The van der Waals surface area contributed by atoms with E-state index in [9.17, 15) is 9.18 Å². The standard InChI is InChI=1S/C20H17Cl2FN4OS/c21-14-5-8-16(22)17(9-14)27-18(10-24-19(28)13-3-4-13)25-26-20(27)29-11-12-1-6-15(23)7-2-12/h1-2,5-9,13H,3-4,10-11H2,(H,24,28). The van der Waals surface area contributed by atoms with Gasteiger partial charge in [-0.05, 0) is 48.7 Å². The zero-order valence-corrected chi connectivity index (χ0v) is 17.6. The van der Waals surface area contributed by atoms with Gasteiger partial charge in [0.25, 0.3) is 0 Å². The second-order valence-electron chi connectivity index (χ2n) is 6.74. The fourth-order valence-electron chi connectivity index (χ4n) is 2.79. The minimum Gasteiger partial charge on any atom is -0.349 e. The van der Waals surface area contributed by atoms with Gasteiger partial charge in [-0.1, -0.05) is 47.1 Å². The lowest BCUT2D eigenvalue weighted by Gasteiger charge is -2.13. The monoisotopic (exact) mass is 450 g/mol. The Bertz CT molecular complexity index is 1040. The first-order chi connectivity index (χ1) is 14.0. The highest BCUT2D eigenvalue weighted by atomic mass is 35.5. The molecule has 150 valence electrons. The molecule has 0 unspecified atom stereocenters. The number of hydrogen-bond donors (Lipinski definition) is 1. The largest absolute Gasteiger partial charge is 0.349 e. The third kappa shape index (κ3) is 4.91. The van der Waals surface area contributed by atoms with Crippen LogP contribution in [0.15, 0.2) is 47.6 Å². The van der Waals surface area contributed by atoms with E-state index < -0.39 is 0 Å². The van der Waals surface area contributed by atoms with Crippen molar-refractivity contribution in [3.05, 3.63) is 69.7 Å². The molecule has 1 aliphatic rings. The molecule has 1 N–H and O–H groups in total. The molecule has 2 aromatic carbocycles. The van der Waals surface area contributed by atoms with Crippen LogP contribution in [0, 0.1) is 11.7 Å². The molecule has 3 aromatic rings. The second kappa shape index (κ2) is 8.73. The van der Waals surface area contributed by atoms with E-state index in [2.05, 4.69) is 15.5 Å². The minimum absolute atomic E-state index is 0.0252. The van der Waals surface area contributed by atoms with E-state index in [1.807, 2.05) is 0 Å². The topological polar surface area (TPSA) is 59.8 Å². The van der Waals surface area contributed by atoms with E-state index in [-0.39, 0.29) is 24.2 Å². The molecule has 1 saturated carbocycles. The van der Waals surface area contributed by atoms with Crippen molar-refractivity contribution in [3.63, 3.8) is 0 Å². The Morgan fingerprint density at radius 1 is 1.17 bits per heavy atom. The third-order valence-corrected chi connectivity index (χ3v) is 6.05. The number of thioether (sulfide) groups is 1. The number of aromatic nitrogens is 3. The van der Waals surface area contributed by atoms with Crippen LogP contribution in [-0.4, -0.2) is 20.7 Å². The summed E-state index contributed by atoms with van der Waals surface area (Å²) in [7, 11) is 0. The summed E-state index contributed by atoms with van der Waals surface area (Å²) < 4.78 is 14.9. The number of halogens is 3. The summed E-state index contributed by atoms with van der Waals surface area (Å²) in [6, 6.07) is 11.5. The van der Waals surface area contributed by atoms with Gasteiger partial charge in [-0.25, -0.2) is 4.39 Å². The molecule has 1 fully saturated rings. The van der Waals surface area contributed by atoms with Crippen molar-refractivity contribution in [2.75, 3.05) is 0 Å². The van der Waals surface area contributed by atoms with Gasteiger partial charge >= 0.3 is 0 Å². The van der Waals surface area contributed by atoms with Crippen molar-refractivity contribution in [3.8, 4) is 5.69 Å². The molecule has 0 aliphatic heterocycles. The lowest BCUT2D eigenvalue weighted by molar-refractivity contribution is -0.122. The highest BCUT2D eigenvalue weighted by Gasteiger charge is 2.29. The SMILES string of the molecule is O=C(NCc1nnc(SCc2ccc(F)cc2)n1-c1cc(Cl)ccc1Cl)C1CC1. The van der Waals surface area contributed by atoms with Crippen molar-refractivity contribution in [2.24, 2.45) is 5.92 Å². The second-order valence-corrected chi connectivity index (χ2v) is 8.52. The predicted molar refractivity (Wildman–Crippen MR) is 112 cm³/mol. The van der Waals surface area contributed by atoms with E-state index in [4.69, 9.17) is 23.2 Å². The van der Waals surface area contributed by atoms with Crippen molar-refractivity contribution < 1.29 is 9.18 Å². The molecule has 1 aliphatic carbocycles. The number of nitrogens with zero attached hydrogens (tertiary/aromatic N) is 3. The van der Waals surface area contributed by atoms with E-state index in [0.29, 0.717) is 32.5 Å². The fraction of sp³-hybridized carbons (Fsp3) is 0.250. The molecule has 4 rings (SSSR count). The van der Waals surface area contributed by atoms with Crippen molar-refractivity contribution >= 4 is 40.9 Å². The Hall–Kier alpha value is -2.09. The van der Waals surface area contributed by atoms with Crippen LogP contribution in [-0.2, 0) is 17.1 Å². The Balaban J connectivity index is 1.61. The van der Waals surface area contributed by atoms with Crippen LogP contribution in [0.5, 0.6) is 0 Å². The summed E-state index contributed by atoms with van der Waals surface area (Å²) >= 11 is 14.0. The molecule has 0 spiro atoms. The maximum absolute atomic E-state index is 13.1.